The highest BCUT2D eigenvalue weighted by molar-refractivity contribution is 5.42. The fraction of sp³-hybridized carbons (Fsp3) is 0.600. The van der Waals surface area contributed by atoms with Crippen molar-refractivity contribution in [2.75, 3.05) is 6.61 Å². The molecule has 178 valence electrons. The highest BCUT2D eigenvalue weighted by Crippen LogP contribution is 2.37. The number of benzene rings is 2. The molecule has 0 amide bonds. The van der Waals surface area contributed by atoms with Crippen LogP contribution in [0.3, 0.4) is 0 Å². The van der Waals surface area contributed by atoms with Crippen molar-refractivity contribution in [1.82, 2.24) is 0 Å². The predicted molar refractivity (Wildman–Crippen MR) is 138 cm³/mol. The number of rotatable bonds is 13. The molecule has 0 radical (unpaired) electrons. The van der Waals surface area contributed by atoms with Crippen molar-refractivity contribution < 1.29 is 9.47 Å². The van der Waals surface area contributed by atoms with Crippen molar-refractivity contribution in [3.05, 3.63) is 59.7 Å². The predicted octanol–water partition coefficient (Wildman–Crippen LogP) is 8.96. The minimum absolute atomic E-state index is 0.0834. The van der Waals surface area contributed by atoms with Crippen molar-refractivity contribution in [3.63, 3.8) is 0 Å². The molecule has 0 heterocycles. The zero-order chi connectivity index (χ0) is 23.8. The van der Waals surface area contributed by atoms with Crippen LogP contribution in [0.15, 0.2) is 48.5 Å². The van der Waals surface area contributed by atoms with Gasteiger partial charge in [-0.25, -0.2) is 0 Å². The highest BCUT2D eigenvalue weighted by Gasteiger charge is 2.29. The first-order valence-electron chi connectivity index (χ1n) is 12.6. The van der Waals surface area contributed by atoms with Gasteiger partial charge in [0.1, 0.15) is 17.1 Å². The molecule has 0 bridgehead atoms. The van der Waals surface area contributed by atoms with Crippen LogP contribution in [-0.4, -0.2) is 12.2 Å². The van der Waals surface area contributed by atoms with Gasteiger partial charge in [0.2, 0.25) is 0 Å². The SMILES string of the molecule is CCCOc1ccc(C(C)(C)c2ccc(OC(C)(CC)CCC(C)(CC)CC)cc2)cc1. The number of hydrogen-bond acceptors (Lipinski definition) is 2. The van der Waals surface area contributed by atoms with Crippen LogP contribution in [0.4, 0.5) is 0 Å². The van der Waals surface area contributed by atoms with Crippen LogP contribution in [0.1, 0.15) is 105 Å². The van der Waals surface area contributed by atoms with Crippen molar-refractivity contribution in [3.8, 4) is 11.5 Å². The summed E-state index contributed by atoms with van der Waals surface area (Å²) in [6.07, 6.45) is 6.76. The fourth-order valence-corrected chi connectivity index (χ4v) is 4.05. The van der Waals surface area contributed by atoms with E-state index >= 15 is 0 Å². The number of ether oxygens (including phenoxy) is 2. The molecule has 2 nitrogen and oxygen atoms in total. The second kappa shape index (κ2) is 11.3. The Morgan fingerprint density at radius 2 is 1.12 bits per heavy atom. The monoisotopic (exact) mass is 438 g/mol. The van der Waals surface area contributed by atoms with Crippen LogP contribution in [0.2, 0.25) is 0 Å². The lowest BCUT2D eigenvalue weighted by atomic mass is 9.77. The van der Waals surface area contributed by atoms with Crippen LogP contribution < -0.4 is 9.47 Å². The molecule has 2 aromatic carbocycles. The summed E-state index contributed by atoms with van der Waals surface area (Å²) >= 11 is 0. The Balaban J connectivity index is 2.10. The molecule has 2 aromatic rings. The average Bonchev–Trinajstić information content (AvgIpc) is 2.82. The van der Waals surface area contributed by atoms with Crippen LogP contribution in [0.25, 0.3) is 0 Å². The summed E-state index contributed by atoms with van der Waals surface area (Å²) in [5.74, 6) is 1.91. The molecular weight excluding hydrogens is 392 g/mol. The first-order chi connectivity index (χ1) is 15.1. The average molecular weight is 439 g/mol. The second-order valence-corrected chi connectivity index (χ2v) is 10.4. The van der Waals surface area contributed by atoms with Gasteiger partial charge in [-0.1, -0.05) is 85.6 Å². The summed E-state index contributed by atoms with van der Waals surface area (Å²) < 4.78 is 12.3. The minimum atomic E-state index is -0.128. The van der Waals surface area contributed by atoms with E-state index in [9.17, 15) is 0 Å². The van der Waals surface area contributed by atoms with Gasteiger partial charge in [0.25, 0.3) is 0 Å². The smallest absolute Gasteiger partial charge is 0.120 e. The molecule has 0 aliphatic heterocycles. The topological polar surface area (TPSA) is 18.5 Å². The van der Waals surface area contributed by atoms with E-state index in [1.165, 1.54) is 30.4 Å². The van der Waals surface area contributed by atoms with Gasteiger partial charge in [-0.05, 0) is 73.4 Å². The van der Waals surface area contributed by atoms with Crippen LogP contribution in [0, 0.1) is 5.41 Å². The maximum Gasteiger partial charge on any atom is 0.120 e. The van der Waals surface area contributed by atoms with Gasteiger partial charge in [0.05, 0.1) is 6.61 Å². The van der Waals surface area contributed by atoms with Gasteiger partial charge >= 0.3 is 0 Å². The van der Waals surface area contributed by atoms with Crippen molar-refractivity contribution in [2.45, 2.75) is 105 Å². The Morgan fingerprint density at radius 3 is 1.56 bits per heavy atom. The third kappa shape index (κ3) is 6.77. The molecule has 0 aliphatic rings. The summed E-state index contributed by atoms with van der Waals surface area (Å²) in [5.41, 5.74) is 2.77. The van der Waals surface area contributed by atoms with E-state index in [1.54, 1.807) is 0 Å². The molecule has 2 heteroatoms. The van der Waals surface area contributed by atoms with Gasteiger partial charge in [0, 0.05) is 5.41 Å². The molecule has 1 atom stereocenters. The minimum Gasteiger partial charge on any atom is -0.494 e. The Labute approximate surface area is 197 Å². The normalized spacial score (nSPS) is 14.1. The van der Waals surface area contributed by atoms with Gasteiger partial charge in [-0.15, -0.1) is 0 Å². The van der Waals surface area contributed by atoms with Crippen molar-refractivity contribution in [1.29, 1.82) is 0 Å². The van der Waals surface area contributed by atoms with E-state index in [0.717, 1.165) is 37.4 Å². The van der Waals surface area contributed by atoms with E-state index in [4.69, 9.17) is 9.47 Å². The highest BCUT2D eigenvalue weighted by atomic mass is 16.5. The van der Waals surface area contributed by atoms with Crippen molar-refractivity contribution >= 4 is 0 Å². The molecule has 0 saturated heterocycles. The molecule has 0 aromatic heterocycles. The van der Waals surface area contributed by atoms with Crippen LogP contribution in [0.5, 0.6) is 11.5 Å². The second-order valence-electron chi connectivity index (χ2n) is 10.4. The molecule has 0 aliphatic carbocycles. The van der Waals surface area contributed by atoms with Gasteiger partial charge in [-0.3, -0.25) is 0 Å². The van der Waals surface area contributed by atoms with E-state index < -0.39 is 0 Å². The van der Waals surface area contributed by atoms with Crippen LogP contribution in [-0.2, 0) is 5.41 Å². The van der Waals surface area contributed by atoms with Crippen LogP contribution >= 0.6 is 0 Å². The molecule has 0 fully saturated rings. The van der Waals surface area contributed by atoms with E-state index in [-0.39, 0.29) is 11.0 Å². The summed E-state index contributed by atoms with van der Waals surface area (Å²) in [5, 5.41) is 0. The summed E-state index contributed by atoms with van der Waals surface area (Å²) in [6.45, 7) is 19.0. The Kier molecular flexibility index (Phi) is 9.25. The molecule has 2 rings (SSSR count). The third-order valence-electron chi connectivity index (χ3n) is 7.70. The van der Waals surface area contributed by atoms with E-state index in [1.807, 2.05) is 0 Å². The molecule has 0 spiro atoms. The largest absolute Gasteiger partial charge is 0.494 e. The first-order valence-corrected chi connectivity index (χ1v) is 12.6. The first kappa shape index (κ1) is 26.3. The van der Waals surface area contributed by atoms with Gasteiger partial charge in [0.15, 0.2) is 0 Å². The molecule has 32 heavy (non-hydrogen) atoms. The van der Waals surface area contributed by atoms with Gasteiger partial charge < -0.3 is 9.47 Å². The maximum absolute atomic E-state index is 6.55. The van der Waals surface area contributed by atoms with Crippen molar-refractivity contribution in [2.24, 2.45) is 5.41 Å². The lowest BCUT2D eigenvalue weighted by molar-refractivity contribution is 0.0565. The number of hydrogen-bond donors (Lipinski definition) is 0. The zero-order valence-corrected chi connectivity index (χ0v) is 21.9. The standard InChI is InChI=1S/C30H46O2/c1-9-23-31-26-17-13-24(14-18-26)28(5,6)25-15-19-27(20-16-25)32-30(8,12-4)22-21-29(7,10-2)11-3/h13-20H,9-12,21-23H2,1-8H3. The molecule has 1 unspecified atom stereocenters. The van der Waals surface area contributed by atoms with E-state index in [0.29, 0.717) is 5.41 Å². The Morgan fingerprint density at radius 1 is 0.625 bits per heavy atom. The molecular formula is C30H46O2. The quantitative estimate of drug-likeness (QED) is 0.311. The third-order valence-corrected chi connectivity index (χ3v) is 7.70. The lowest BCUT2D eigenvalue weighted by Gasteiger charge is -2.35. The maximum atomic E-state index is 6.55. The summed E-state index contributed by atoms with van der Waals surface area (Å²) in [4.78, 5) is 0. The van der Waals surface area contributed by atoms with Gasteiger partial charge in [-0.2, -0.15) is 0 Å². The fourth-order valence-electron chi connectivity index (χ4n) is 4.05. The molecule has 0 N–H and O–H groups in total. The Bertz CT molecular complexity index is 800. The Hall–Kier alpha value is -1.96. The lowest BCUT2D eigenvalue weighted by Crippen LogP contribution is -2.33. The van der Waals surface area contributed by atoms with E-state index in [2.05, 4.69) is 104 Å². The zero-order valence-electron chi connectivity index (χ0n) is 21.9. The summed E-state index contributed by atoms with van der Waals surface area (Å²) in [6, 6.07) is 17.2. The summed E-state index contributed by atoms with van der Waals surface area (Å²) in [7, 11) is 0. The molecule has 0 saturated carbocycles.